The lowest BCUT2D eigenvalue weighted by Gasteiger charge is -2.31. The van der Waals surface area contributed by atoms with Crippen LogP contribution in [0.2, 0.25) is 0 Å². The Bertz CT molecular complexity index is 1200. The number of thiazole rings is 1. The zero-order chi connectivity index (χ0) is 25.1. The quantitative estimate of drug-likeness (QED) is 0.390. The second kappa shape index (κ2) is 11.1. The van der Waals surface area contributed by atoms with E-state index < -0.39 is 12.0 Å². The molecule has 0 radical (unpaired) electrons. The van der Waals surface area contributed by atoms with Crippen molar-refractivity contribution in [3.05, 3.63) is 46.2 Å². The van der Waals surface area contributed by atoms with Crippen LogP contribution in [0.15, 0.2) is 29.9 Å². The number of nitrogens with zero attached hydrogens (tertiary/aromatic N) is 3. The van der Waals surface area contributed by atoms with Crippen molar-refractivity contribution in [2.45, 2.75) is 89.6 Å². The Morgan fingerprint density at radius 1 is 1.14 bits per heavy atom. The number of carbonyl (C=O) groups excluding carboxylic acids is 1. The lowest BCUT2D eigenvalue weighted by atomic mass is 9.85. The second-order valence-corrected chi connectivity index (χ2v) is 11.7. The summed E-state index contributed by atoms with van der Waals surface area (Å²) in [6.45, 7) is 2.33. The number of aliphatic carboxylic acids is 1. The SMILES string of the molecule is C[C@@H]1CCCC[C@H]1n1c(Cc2cncs2)nc2cc(C(=O)N[C@@H](CC3CCCCC3)C(=O)O)ccc21. The average Bonchev–Trinajstić information content (AvgIpc) is 3.52. The highest BCUT2D eigenvalue weighted by molar-refractivity contribution is 7.09. The molecule has 36 heavy (non-hydrogen) atoms. The molecule has 0 unspecified atom stereocenters. The van der Waals surface area contributed by atoms with Crippen molar-refractivity contribution in [2.24, 2.45) is 11.8 Å². The van der Waals surface area contributed by atoms with Crippen molar-refractivity contribution in [3.63, 3.8) is 0 Å². The summed E-state index contributed by atoms with van der Waals surface area (Å²) in [5, 5.41) is 12.6. The van der Waals surface area contributed by atoms with E-state index >= 15 is 0 Å². The highest BCUT2D eigenvalue weighted by atomic mass is 32.1. The lowest BCUT2D eigenvalue weighted by molar-refractivity contribution is -0.139. The van der Waals surface area contributed by atoms with Gasteiger partial charge in [-0.2, -0.15) is 0 Å². The summed E-state index contributed by atoms with van der Waals surface area (Å²) in [6, 6.07) is 5.16. The molecule has 2 aromatic heterocycles. The highest BCUT2D eigenvalue weighted by Crippen LogP contribution is 2.37. The molecular formula is C28H36N4O3S. The molecule has 2 fully saturated rings. The van der Waals surface area contributed by atoms with E-state index in [9.17, 15) is 14.7 Å². The Labute approximate surface area is 216 Å². The van der Waals surface area contributed by atoms with Crippen LogP contribution in [0.1, 0.15) is 98.2 Å². The van der Waals surface area contributed by atoms with Gasteiger partial charge in [0, 0.05) is 29.1 Å². The first kappa shape index (κ1) is 24.9. The molecule has 2 saturated carbocycles. The van der Waals surface area contributed by atoms with Crippen molar-refractivity contribution in [3.8, 4) is 0 Å². The summed E-state index contributed by atoms with van der Waals surface area (Å²) in [6.07, 6.45) is 13.5. The number of aromatic nitrogens is 3. The third-order valence-corrected chi connectivity index (χ3v) is 8.92. The van der Waals surface area contributed by atoms with Gasteiger partial charge < -0.3 is 15.0 Å². The fourth-order valence-corrected chi connectivity index (χ4v) is 6.76. The summed E-state index contributed by atoms with van der Waals surface area (Å²) < 4.78 is 2.39. The minimum Gasteiger partial charge on any atom is -0.480 e. The van der Waals surface area contributed by atoms with Crippen molar-refractivity contribution in [1.82, 2.24) is 19.9 Å². The van der Waals surface area contributed by atoms with Crippen molar-refractivity contribution >= 4 is 34.2 Å². The maximum atomic E-state index is 13.1. The van der Waals surface area contributed by atoms with E-state index in [0.717, 1.165) is 49.0 Å². The second-order valence-electron chi connectivity index (χ2n) is 10.7. The van der Waals surface area contributed by atoms with Crippen LogP contribution in [-0.2, 0) is 11.2 Å². The molecule has 0 saturated heterocycles. The smallest absolute Gasteiger partial charge is 0.326 e. The number of imidazole rings is 1. The molecule has 0 spiro atoms. The number of carboxylic acids is 1. The zero-order valence-corrected chi connectivity index (χ0v) is 21.8. The number of carbonyl (C=O) groups is 2. The number of hydrogen-bond donors (Lipinski definition) is 2. The molecule has 5 rings (SSSR count). The van der Waals surface area contributed by atoms with Crippen LogP contribution in [0, 0.1) is 11.8 Å². The predicted molar refractivity (Wildman–Crippen MR) is 141 cm³/mol. The Hall–Kier alpha value is -2.74. The number of hydrogen-bond acceptors (Lipinski definition) is 5. The van der Waals surface area contributed by atoms with Crippen molar-refractivity contribution < 1.29 is 14.7 Å². The zero-order valence-electron chi connectivity index (χ0n) is 21.0. The molecule has 3 atom stereocenters. The van der Waals surface area contributed by atoms with Crippen LogP contribution in [0.25, 0.3) is 11.0 Å². The van der Waals surface area contributed by atoms with E-state index in [1.54, 1.807) is 11.3 Å². The van der Waals surface area contributed by atoms with Gasteiger partial charge in [0.2, 0.25) is 0 Å². The third kappa shape index (κ3) is 5.48. The minimum atomic E-state index is -0.961. The summed E-state index contributed by atoms with van der Waals surface area (Å²) in [5.41, 5.74) is 4.14. The highest BCUT2D eigenvalue weighted by Gasteiger charge is 2.29. The maximum Gasteiger partial charge on any atom is 0.326 e. The molecule has 0 bridgehead atoms. The Balaban J connectivity index is 1.41. The molecule has 2 aliphatic carbocycles. The fraction of sp³-hybridized carbons (Fsp3) is 0.571. The van der Waals surface area contributed by atoms with Crippen molar-refractivity contribution in [2.75, 3.05) is 0 Å². The fourth-order valence-electron chi connectivity index (χ4n) is 6.17. The predicted octanol–water partition coefficient (Wildman–Crippen LogP) is 5.99. The van der Waals surface area contributed by atoms with E-state index in [0.29, 0.717) is 36.3 Å². The standard InChI is InChI=1S/C28H36N4O3S/c1-18-7-5-6-10-24(18)32-25-12-11-20(14-22(25)30-26(32)15-21-16-29-17-36-21)27(33)31-23(28(34)35)13-19-8-3-2-4-9-19/h11-12,14,16-19,23-24H,2-10,13,15H2,1H3,(H,31,33)(H,34,35)/t18-,23+,24-/m1/s1. The molecule has 0 aliphatic heterocycles. The summed E-state index contributed by atoms with van der Waals surface area (Å²) in [5.74, 6) is 0.633. The van der Waals surface area contributed by atoms with Gasteiger partial charge in [0.05, 0.1) is 16.5 Å². The van der Waals surface area contributed by atoms with Gasteiger partial charge in [-0.1, -0.05) is 51.9 Å². The van der Waals surface area contributed by atoms with Gasteiger partial charge in [-0.15, -0.1) is 11.3 Å². The Morgan fingerprint density at radius 3 is 2.64 bits per heavy atom. The van der Waals surface area contributed by atoms with Crippen LogP contribution in [-0.4, -0.2) is 37.6 Å². The average molecular weight is 509 g/mol. The van der Waals surface area contributed by atoms with E-state index in [4.69, 9.17) is 4.98 Å². The summed E-state index contributed by atoms with van der Waals surface area (Å²) >= 11 is 1.63. The first-order chi connectivity index (χ1) is 17.5. The van der Waals surface area contributed by atoms with Crippen LogP contribution in [0.3, 0.4) is 0 Å². The summed E-state index contributed by atoms with van der Waals surface area (Å²) in [4.78, 5) is 35.4. The molecular weight excluding hydrogens is 472 g/mol. The van der Waals surface area contributed by atoms with Crippen LogP contribution >= 0.6 is 11.3 Å². The topological polar surface area (TPSA) is 97.1 Å². The molecule has 8 heteroatoms. The molecule has 2 heterocycles. The van der Waals surface area contributed by atoms with Crippen LogP contribution in [0.5, 0.6) is 0 Å². The Kier molecular flexibility index (Phi) is 7.70. The normalized spacial score (nSPS) is 21.9. The van der Waals surface area contributed by atoms with Gasteiger partial charge in [0.25, 0.3) is 5.91 Å². The number of nitrogens with one attached hydrogen (secondary N) is 1. The van der Waals surface area contributed by atoms with Gasteiger partial charge in [-0.05, 0) is 49.3 Å². The molecule has 2 N–H and O–H groups in total. The van der Waals surface area contributed by atoms with Crippen molar-refractivity contribution in [1.29, 1.82) is 0 Å². The summed E-state index contributed by atoms with van der Waals surface area (Å²) in [7, 11) is 0. The lowest BCUT2D eigenvalue weighted by Crippen LogP contribution is -2.42. The molecule has 3 aromatic rings. The maximum absolute atomic E-state index is 13.1. The number of amides is 1. The third-order valence-electron chi connectivity index (χ3n) is 8.14. The van der Waals surface area contributed by atoms with Gasteiger partial charge in [-0.25, -0.2) is 9.78 Å². The van der Waals surface area contributed by atoms with Gasteiger partial charge in [-0.3, -0.25) is 9.78 Å². The molecule has 7 nitrogen and oxygen atoms in total. The number of benzene rings is 1. The minimum absolute atomic E-state index is 0.343. The monoisotopic (exact) mass is 508 g/mol. The van der Waals surface area contributed by atoms with E-state index in [1.165, 1.54) is 30.6 Å². The van der Waals surface area contributed by atoms with E-state index in [2.05, 4.69) is 21.8 Å². The van der Waals surface area contributed by atoms with Gasteiger partial charge >= 0.3 is 5.97 Å². The first-order valence-corrected chi connectivity index (χ1v) is 14.3. The van der Waals surface area contributed by atoms with E-state index in [1.807, 2.05) is 29.9 Å². The molecule has 1 amide bonds. The van der Waals surface area contributed by atoms with Crippen LogP contribution < -0.4 is 5.32 Å². The number of rotatable bonds is 8. The molecule has 192 valence electrons. The van der Waals surface area contributed by atoms with Gasteiger partial charge in [0.15, 0.2) is 0 Å². The first-order valence-electron chi connectivity index (χ1n) is 13.4. The van der Waals surface area contributed by atoms with Gasteiger partial charge in [0.1, 0.15) is 11.9 Å². The molecule has 1 aromatic carbocycles. The van der Waals surface area contributed by atoms with E-state index in [-0.39, 0.29) is 5.91 Å². The number of fused-ring (bicyclic) bond motifs is 1. The largest absolute Gasteiger partial charge is 0.480 e. The number of carboxylic acid groups (broad SMARTS) is 1. The molecule has 2 aliphatic rings. The van der Waals surface area contributed by atoms with Crippen LogP contribution in [0.4, 0.5) is 0 Å². The Morgan fingerprint density at radius 2 is 1.92 bits per heavy atom.